The molecular formula is C6H11N. The van der Waals surface area contributed by atoms with Gasteiger partial charge < -0.3 is 4.99 Å². The van der Waals surface area contributed by atoms with Crippen LogP contribution in [0.2, 0.25) is 0 Å². The lowest BCUT2D eigenvalue weighted by Crippen LogP contribution is -1.74. The molecule has 0 saturated heterocycles. The molecule has 0 spiro atoms. The average Bonchev–Trinajstić information content (AvgIpc) is 2.42. The lowest BCUT2D eigenvalue weighted by Gasteiger charge is -1.79. The van der Waals surface area contributed by atoms with Gasteiger partial charge in [0, 0.05) is 7.05 Å². The molecule has 1 fully saturated rings. The molecule has 0 radical (unpaired) electrons. The van der Waals surface area contributed by atoms with E-state index in [1.54, 1.807) is 0 Å². The standard InChI is InChI=1S/C6H11N/c1-7-5-4-6-2-3-6/h5-6H,2-4H2,1H3. The maximum atomic E-state index is 3.89. The number of hydrogen-bond donors (Lipinski definition) is 0. The zero-order valence-electron chi connectivity index (χ0n) is 4.72. The third-order valence-electron chi connectivity index (χ3n) is 1.32. The van der Waals surface area contributed by atoms with Gasteiger partial charge in [0.05, 0.1) is 0 Å². The fourth-order valence-electron chi connectivity index (χ4n) is 0.608. The molecule has 7 heavy (non-hydrogen) atoms. The molecule has 1 heteroatoms. The van der Waals surface area contributed by atoms with Crippen molar-refractivity contribution in [1.82, 2.24) is 0 Å². The van der Waals surface area contributed by atoms with Crippen LogP contribution in [0.15, 0.2) is 4.99 Å². The van der Waals surface area contributed by atoms with Gasteiger partial charge in [-0.1, -0.05) is 0 Å². The largest absolute Gasteiger partial charge is 0.301 e. The van der Waals surface area contributed by atoms with Gasteiger partial charge in [-0.25, -0.2) is 0 Å². The number of nitrogens with zero attached hydrogens (tertiary/aromatic N) is 1. The van der Waals surface area contributed by atoms with Crippen molar-refractivity contribution >= 4 is 6.21 Å². The monoisotopic (exact) mass is 97.1 g/mol. The van der Waals surface area contributed by atoms with Crippen LogP contribution in [-0.4, -0.2) is 13.3 Å². The highest BCUT2D eigenvalue weighted by atomic mass is 14.6. The van der Waals surface area contributed by atoms with Crippen LogP contribution in [0.4, 0.5) is 0 Å². The van der Waals surface area contributed by atoms with E-state index in [0.29, 0.717) is 0 Å². The number of aliphatic imine (C=N–C) groups is 1. The zero-order valence-corrected chi connectivity index (χ0v) is 4.72. The summed E-state index contributed by atoms with van der Waals surface area (Å²) in [5.74, 6) is 1.00. The molecule has 0 aromatic rings. The Morgan fingerprint density at radius 3 is 2.86 bits per heavy atom. The third-order valence-corrected chi connectivity index (χ3v) is 1.32. The molecule has 0 bridgehead atoms. The molecule has 1 aliphatic rings. The second-order valence-corrected chi connectivity index (χ2v) is 2.12. The van der Waals surface area contributed by atoms with Gasteiger partial charge in [-0.05, 0) is 31.4 Å². The van der Waals surface area contributed by atoms with Crippen molar-refractivity contribution in [3.8, 4) is 0 Å². The number of hydrogen-bond acceptors (Lipinski definition) is 1. The first-order valence-corrected chi connectivity index (χ1v) is 2.84. The van der Waals surface area contributed by atoms with Crippen molar-refractivity contribution in [2.75, 3.05) is 7.05 Å². The van der Waals surface area contributed by atoms with Gasteiger partial charge in [0.2, 0.25) is 0 Å². The maximum absolute atomic E-state index is 3.89. The first-order chi connectivity index (χ1) is 3.43. The number of rotatable bonds is 2. The van der Waals surface area contributed by atoms with Crippen molar-refractivity contribution in [2.45, 2.75) is 19.3 Å². The molecular weight excluding hydrogens is 86.1 g/mol. The van der Waals surface area contributed by atoms with Crippen molar-refractivity contribution in [3.63, 3.8) is 0 Å². The molecule has 1 saturated carbocycles. The van der Waals surface area contributed by atoms with Gasteiger partial charge in [0.25, 0.3) is 0 Å². The Kier molecular flexibility index (Phi) is 1.45. The summed E-state index contributed by atoms with van der Waals surface area (Å²) >= 11 is 0. The minimum absolute atomic E-state index is 1.00. The molecule has 0 aromatic carbocycles. The van der Waals surface area contributed by atoms with E-state index in [1.165, 1.54) is 19.3 Å². The van der Waals surface area contributed by atoms with Gasteiger partial charge >= 0.3 is 0 Å². The van der Waals surface area contributed by atoms with E-state index in [9.17, 15) is 0 Å². The molecule has 1 nitrogen and oxygen atoms in total. The molecule has 0 N–H and O–H groups in total. The third kappa shape index (κ3) is 1.72. The van der Waals surface area contributed by atoms with E-state index in [0.717, 1.165) is 5.92 Å². The van der Waals surface area contributed by atoms with Crippen molar-refractivity contribution in [2.24, 2.45) is 10.9 Å². The van der Waals surface area contributed by atoms with E-state index < -0.39 is 0 Å². The second-order valence-electron chi connectivity index (χ2n) is 2.12. The van der Waals surface area contributed by atoms with Crippen molar-refractivity contribution < 1.29 is 0 Å². The Morgan fingerprint density at radius 1 is 1.71 bits per heavy atom. The highest BCUT2D eigenvalue weighted by Gasteiger charge is 2.18. The fourth-order valence-corrected chi connectivity index (χ4v) is 0.608. The molecule has 1 rings (SSSR count). The summed E-state index contributed by atoms with van der Waals surface area (Å²) in [6.07, 6.45) is 6.10. The lowest BCUT2D eigenvalue weighted by molar-refractivity contribution is 0.906. The Labute approximate surface area is 44.5 Å². The van der Waals surface area contributed by atoms with Crippen molar-refractivity contribution in [1.29, 1.82) is 0 Å². The fraction of sp³-hybridized carbons (Fsp3) is 0.833. The van der Waals surface area contributed by atoms with E-state index >= 15 is 0 Å². The smallest absolute Gasteiger partial charge is 0.0273 e. The summed E-state index contributed by atoms with van der Waals surface area (Å²) in [4.78, 5) is 3.89. The van der Waals surface area contributed by atoms with Crippen LogP contribution in [0.5, 0.6) is 0 Å². The molecule has 0 heterocycles. The van der Waals surface area contributed by atoms with Crippen LogP contribution in [0, 0.1) is 5.92 Å². The Balaban J connectivity index is 1.98. The van der Waals surface area contributed by atoms with Crippen LogP contribution >= 0.6 is 0 Å². The molecule has 0 amide bonds. The van der Waals surface area contributed by atoms with Crippen molar-refractivity contribution in [3.05, 3.63) is 0 Å². The van der Waals surface area contributed by atoms with Gasteiger partial charge in [0.15, 0.2) is 0 Å². The highest BCUT2D eigenvalue weighted by molar-refractivity contribution is 5.57. The Morgan fingerprint density at radius 2 is 2.43 bits per heavy atom. The first-order valence-electron chi connectivity index (χ1n) is 2.84. The maximum Gasteiger partial charge on any atom is 0.0273 e. The minimum Gasteiger partial charge on any atom is -0.301 e. The van der Waals surface area contributed by atoms with Gasteiger partial charge in [-0.15, -0.1) is 0 Å². The molecule has 0 aliphatic heterocycles. The van der Waals surface area contributed by atoms with E-state index in [-0.39, 0.29) is 0 Å². The van der Waals surface area contributed by atoms with E-state index in [1.807, 2.05) is 13.3 Å². The molecule has 0 atom stereocenters. The summed E-state index contributed by atoms with van der Waals surface area (Å²) < 4.78 is 0. The van der Waals surface area contributed by atoms with Crippen LogP contribution in [0.1, 0.15) is 19.3 Å². The molecule has 0 unspecified atom stereocenters. The summed E-state index contributed by atoms with van der Waals surface area (Å²) in [5, 5.41) is 0. The van der Waals surface area contributed by atoms with E-state index in [4.69, 9.17) is 0 Å². The van der Waals surface area contributed by atoms with Crippen LogP contribution < -0.4 is 0 Å². The predicted molar refractivity (Wildman–Crippen MR) is 31.8 cm³/mol. The van der Waals surface area contributed by atoms with Gasteiger partial charge in [0.1, 0.15) is 0 Å². The average molecular weight is 97.2 g/mol. The summed E-state index contributed by atoms with van der Waals surface area (Å²) in [6.45, 7) is 0. The first kappa shape index (κ1) is 4.82. The van der Waals surface area contributed by atoms with Crippen LogP contribution in [0.3, 0.4) is 0 Å². The summed E-state index contributed by atoms with van der Waals surface area (Å²) in [6, 6.07) is 0. The second kappa shape index (κ2) is 2.10. The zero-order chi connectivity index (χ0) is 5.11. The quantitative estimate of drug-likeness (QED) is 0.463. The molecule has 1 aliphatic carbocycles. The SMILES string of the molecule is CN=CCC1CC1. The van der Waals surface area contributed by atoms with Crippen LogP contribution in [0.25, 0.3) is 0 Å². The Bertz CT molecular complexity index is 72.2. The predicted octanol–water partition coefficient (Wildman–Crippen LogP) is 1.49. The highest BCUT2D eigenvalue weighted by Crippen LogP contribution is 2.31. The van der Waals surface area contributed by atoms with Crippen LogP contribution in [-0.2, 0) is 0 Å². The summed E-state index contributed by atoms with van der Waals surface area (Å²) in [7, 11) is 1.84. The molecule has 40 valence electrons. The minimum atomic E-state index is 1.00. The van der Waals surface area contributed by atoms with Gasteiger partial charge in [-0.3, -0.25) is 0 Å². The Hall–Kier alpha value is -0.330. The lowest BCUT2D eigenvalue weighted by atomic mass is 10.3. The van der Waals surface area contributed by atoms with E-state index in [2.05, 4.69) is 4.99 Å². The summed E-state index contributed by atoms with van der Waals surface area (Å²) in [5.41, 5.74) is 0. The molecule has 0 aromatic heterocycles. The normalized spacial score (nSPS) is 21.3. The topological polar surface area (TPSA) is 12.4 Å². The van der Waals surface area contributed by atoms with Gasteiger partial charge in [-0.2, -0.15) is 0 Å².